The summed E-state index contributed by atoms with van der Waals surface area (Å²) in [5, 5.41) is 2.97. The number of carbonyl (C=O) groups excluding carboxylic acids is 1. The van der Waals surface area contributed by atoms with Crippen LogP contribution in [-0.4, -0.2) is 49.5 Å². The van der Waals surface area contributed by atoms with Crippen LogP contribution in [0.3, 0.4) is 0 Å². The van der Waals surface area contributed by atoms with Gasteiger partial charge in [-0.3, -0.25) is 5.32 Å². The van der Waals surface area contributed by atoms with E-state index in [0.717, 1.165) is 72.5 Å². The van der Waals surface area contributed by atoms with E-state index in [-0.39, 0.29) is 11.9 Å². The molecule has 1 atom stereocenters. The molecule has 2 bridgehead atoms. The fourth-order valence-corrected chi connectivity index (χ4v) is 5.67. The van der Waals surface area contributed by atoms with E-state index < -0.39 is 6.09 Å². The molecular weight excluding hydrogens is 455 g/mol. The number of anilines is 1. The second-order valence-electron chi connectivity index (χ2n) is 10.1. The van der Waals surface area contributed by atoms with E-state index in [1.54, 1.807) is 12.1 Å². The second kappa shape index (κ2) is 11.1. The Labute approximate surface area is 212 Å². The van der Waals surface area contributed by atoms with Crippen LogP contribution in [0, 0.1) is 11.7 Å². The Morgan fingerprint density at radius 3 is 2.44 bits per heavy atom. The zero-order valence-electron chi connectivity index (χ0n) is 20.6. The van der Waals surface area contributed by atoms with Crippen molar-refractivity contribution < 1.29 is 23.1 Å². The van der Waals surface area contributed by atoms with Gasteiger partial charge in [-0.2, -0.15) is 0 Å². The van der Waals surface area contributed by atoms with Crippen molar-refractivity contribution in [2.75, 3.05) is 38.1 Å². The predicted octanol–water partition coefficient (Wildman–Crippen LogP) is 6.04. The van der Waals surface area contributed by atoms with Crippen molar-refractivity contribution in [2.45, 2.75) is 31.8 Å². The number of piperidine rings is 3. The second-order valence-corrected chi connectivity index (χ2v) is 10.1. The molecular formula is C30H34FN2O3+. The first-order chi connectivity index (χ1) is 17.6. The summed E-state index contributed by atoms with van der Waals surface area (Å²) < 4.78 is 26.2. The lowest BCUT2D eigenvalue weighted by atomic mass is 9.83. The van der Waals surface area contributed by atoms with E-state index in [9.17, 15) is 9.18 Å². The van der Waals surface area contributed by atoms with E-state index >= 15 is 0 Å². The summed E-state index contributed by atoms with van der Waals surface area (Å²) in [5.74, 6) is 1.09. The van der Waals surface area contributed by atoms with Crippen LogP contribution >= 0.6 is 0 Å². The van der Waals surface area contributed by atoms with Gasteiger partial charge in [-0.25, -0.2) is 9.18 Å². The van der Waals surface area contributed by atoms with E-state index in [4.69, 9.17) is 9.47 Å². The first kappa shape index (κ1) is 24.3. The molecule has 6 heteroatoms. The predicted molar refractivity (Wildman–Crippen MR) is 139 cm³/mol. The number of benzene rings is 3. The number of nitrogens with one attached hydrogen (secondary N) is 1. The van der Waals surface area contributed by atoms with E-state index in [0.29, 0.717) is 18.9 Å². The Morgan fingerprint density at radius 1 is 0.944 bits per heavy atom. The third-order valence-corrected chi connectivity index (χ3v) is 7.65. The number of amides is 1. The van der Waals surface area contributed by atoms with Crippen LogP contribution in [0.5, 0.6) is 5.75 Å². The molecule has 36 heavy (non-hydrogen) atoms. The molecule has 1 amide bonds. The Balaban J connectivity index is 1.15. The highest BCUT2D eigenvalue weighted by Gasteiger charge is 2.47. The van der Waals surface area contributed by atoms with Gasteiger partial charge >= 0.3 is 6.09 Å². The van der Waals surface area contributed by atoms with Gasteiger partial charge in [-0.05, 0) is 47.9 Å². The molecule has 3 saturated heterocycles. The van der Waals surface area contributed by atoms with Gasteiger partial charge in [0.2, 0.25) is 0 Å². The standard InChI is InChI=1S/C30H33FN2O3/c31-26-13-11-23(12-14-26)21-25-7-4-5-10-28(25)32-30(34)36-29-22-33(18-15-24(29)16-19-33)17-6-20-35-27-8-2-1-3-9-27/h1-5,7-14,24,29H,6,15-22H2/p+1. The van der Waals surface area contributed by atoms with Crippen molar-refractivity contribution in [3.63, 3.8) is 0 Å². The van der Waals surface area contributed by atoms with Crippen LogP contribution in [0.4, 0.5) is 14.9 Å². The molecule has 0 radical (unpaired) electrons. The zero-order chi connectivity index (χ0) is 24.8. The fraction of sp³-hybridized carbons (Fsp3) is 0.367. The SMILES string of the molecule is O=C(Nc1ccccc1Cc1ccc(F)cc1)OC1C[N+]2(CCCOc3ccccc3)CCC1CC2. The summed E-state index contributed by atoms with van der Waals surface area (Å²) in [6, 6.07) is 24.1. The average Bonchev–Trinajstić information content (AvgIpc) is 2.90. The molecule has 5 nitrogen and oxygen atoms in total. The zero-order valence-corrected chi connectivity index (χ0v) is 20.6. The molecule has 3 aromatic rings. The lowest BCUT2D eigenvalue weighted by Gasteiger charge is -2.52. The van der Waals surface area contributed by atoms with Crippen molar-refractivity contribution in [3.05, 3.63) is 95.8 Å². The molecule has 3 fully saturated rings. The molecule has 3 aromatic carbocycles. The third-order valence-electron chi connectivity index (χ3n) is 7.65. The number of carbonyl (C=O) groups is 1. The normalized spacial score (nSPS) is 22.7. The van der Waals surface area contributed by atoms with Gasteiger partial charge in [0.25, 0.3) is 0 Å². The highest BCUT2D eigenvalue weighted by Crippen LogP contribution is 2.36. The number of nitrogens with zero attached hydrogens (tertiary/aromatic N) is 1. The number of halogens is 1. The monoisotopic (exact) mass is 489 g/mol. The summed E-state index contributed by atoms with van der Waals surface area (Å²) in [6.07, 6.45) is 3.32. The number of quaternary nitrogens is 1. The number of para-hydroxylation sites is 2. The van der Waals surface area contributed by atoms with Crippen molar-refractivity contribution in [1.82, 2.24) is 0 Å². The molecule has 3 heterocycles. The number of ether oxygens (including phenoxy) is 2. The van der Waals surface area contributed by atoms with Crippen LogP contribution in [0.25, 0.3) is 0 Å². The van der Waals surface area contributed by atoms with Crippen molar-refractivity contribution in [2.24, 2.45) is 5.92 Å². The Bertz CT molecular complexity index is 1140. The molecule has 6 rings (SSSR count). The van der Waals surface area contributed by atoms with Crippen LogP contribution < -0.4 is 10.1 Å². The number of rotatable bonds is 9. The number of hydrogen-bond acceptors (Lipinski definition) is 3. The maximum atomic E-state index is 13.3. The minimum absolute atomic E-state index is 0.0631. The molecule has 1 unspecified atom stereocenters. The molecule has 0 saturated carbocycles. The summed E-state index contributed by atoms with van der Waals surface area (Å²) in [7, 11) is 0. The van der Waals surface area contributed by atoms with Gasteiger partial charge in [0.05, 0.1) is 26.2 Å². The molecule has 1 N–H and O–H groups in total. The average molecular weight is 490 g/mol. The van der Waals surface area contributed by atoms with E-state index in [1.807, 2.05) is 54.6 Å². The molecule has 0 aromatic heterocycles. The van der Waals surface area contributed by atoms with Crippen molar-refractivity contribution in [3.8, 4) is 5.75 Å². The smallest absolute Gasteiger partial charge is 0.412 e. The van der Waals surface area contributed by atoms with Crippen LogP contribution in [0.15, 0.2) is 78.9 Å². The van der Waals surface area contributed by atoms with Crippen molar-refractivity contribution >= 4 is 11.8 Å². The quantitative estimate of drug-likeness (QED) is 0.294. The lowest BCUT2D eigenvalue weighted by molar-refractivity contribution is -0.946. The first-order valence-electron chi connectivity index (χ1n) is 12.9. The first-order valence-corrected chi connectivity index (χ1v) is 12.9. The Hall–Kier alpha value is -3.38. The van der Waals surface area contributed by atoms with Crippen LogP contribution in [0.2, 0.25) is 0 Å². The maximum Gasteiger partial charge on any atom is 0.412 e. The highest BCUT2D eigenvalue weighted by molar-refractivity contribution is 5.85. The van der Waals surface area contributed by atoms with Gasteiger partial charge in [0, 0.05) is 30.9 Å². The summed E-state index contributed by atoms with van der Waals surface area (Å²) >= 11 is 0. The maximum absolute atomic E-state index is 13.3. The summed E-state index contributed by atoms with van der Waals surface area (Å²) in [6.45, 7) is 4.92. The van der Waals surface area contributed by atoms with Crippen LogP contribution in [0.1, 0.15) is 30.4 Å². The summed E-state index contributed by atoms with van der Waals surface area (Å²) in [4.78, 5) is 12.9. The van der Waals surface area contributed by atoms with E-state index in [2.05, 4.69) is 5.32 Å². The van der Waals surface area contributed by atoms with E-state index in [1.165, 1.54) is 12.1 Å². The van der Waals surface area contributed by atoms with Gasteiger partial charge in [0.15, 0.2) is 6.10 Å². The molecule has 3 aliphatic rings. The van der Waals surface area contributed by atoms with Crippen molar-refractivity contribution in [1.29, 1.82) is 0 Å². The number of hydrogen-bond donors (Lipinski definition) is 1. The molecule has 0 spiro atoms. The number of fused-ring (bicyclic) bond motifs is 3. The van der Waals surface area contributed by atoms with Gasteiger partial charge in [0.1, 0.15) is 18.1 Å². The Kier molecular flexibility index (Phi) is 7.52. The fourth-order valence-electron chi connectivity index (χ4n) is 5.67. The largest absolute Gasteiger partial charge is 0.493 e. The highest BCUT2D eigenvalue weighted by atomic mass is 19.1. The van der Waals surface area contributed by atoms with Crippen LogP contribution in [-0.2, 0) is 11.2 Å². The van der Waals surface area contributed by atoms with Gasteiger partial charge in [-0.1, -0.05) is 48.5 Å². The molecule has 0 aliphatic carbocycles. The molecule has 3 aliphatic heterocycles. The van der Waals surface area contributed by atoms with Gasteiger partial charge < -0.3 is 14.0 Å². The summed E-state index contributed by atoms with van der Waals surface area (Å²) in [5.41, 5.74) is 2.69. The third kappa shape index (κ3) is 6.05. The topological polar surface area (TPSA) is 47.6 Å². The lowest BCUT2D eigenvalue weighted by Crippen LogP contribution is -2.64. The molecule has 188 valence electrons. The minimum atomic E-state index is -0.397. The minimum Gasteiger partial charge on any atom is -0.493 e. The Morgan fingerprint density at radius 2 is 1.67 bits per heavy atom. The van der Waals surface area contributed by atoms with Gasteiger partial charge in [-0.15, -0.1) is 0 Å².